The van der Waals surface area contributed by atoms with E-state index in [2.05, 4.69) is 37.2 Å². The summed E-state index contributed by atoms with van der Waals surface area (Å²) in [4.78, 5) is 0. The summed E-state index contributed by atoms with van der Waals surface area (Å²) in [6, 6.07) is 8.22. The van der Waals surface area contributed by atoms with Gasteiger partial charge >= 0.3 is 0 Å². The Bertz CT molecular complexity index is 384. The highest BCUT2D eigenvalue weighted by atomic mass is 16.5. The van der Waals surface area contributed by atoms with Crippen LogP contribution in [-0.2, 0) is 0 Å². The zero-order valence-corrected chi connectivity index (χ0v) is 7.74. The smallest absolute Gasteiger partial charge is 0.124 e. The van der Waals surface area contributed by atoms with E-state index in [1.165, 1.54) is 11.1 Å². The highest BCUT2D eigenvalue weighted by Gasteiger charge is 2.01. The average Bonchev–Trinajstić information content (AvgIpc) is 2.53. The van der Waals surface area contributed by atoms with Gasteiger partial charge in [-0.15, -0.1) is 0 Å². The molecule has 0 aliphatic rings. The third kappa shape index (κ3) is 1.61. The van der Waals surface area contributed by atoms with Crippen LogP contribution in [-0.4, -0.2) is 5.16 Å². The van der Waals surface area contributed by atoms with Gasteiger partial charge in [-0.2, -0.15) is 0 Å². The molecule has 13 heavy (non-hydrogen) atoms. The highest BCUT2D eigenvalue weighted by molar-refractivity contribution is 5.60. The normalized spacial score (nSPS) is 10.3. The maximum atomic E-state index is 4.80. The first-order valence-corrected chi connectivity index (χ1v) is 4.25. The van der Waals surface area contributed by atoms with Crippen LogP contribution in [0.3, 0.4) is 0 Å². The number of hydrogen-bond donors (Lipinski definition) is 0. The number of aryl methyl sites for hydroxylation is 2. The zero-order chi connectivity index (χ0) is 9.26. The van der Waals surface area contributed by atoms with E-state index in [0.717, 1.165) is 11.3 Å². The van der Waals surface area contributed by atoms with Crippen LogP contribution in [0, 0.1) is 13.8 Å². The Hall–Kier alpha value is -1.57. The van der Waals surface area contributed by atoms with E-state index < -0.39 is 0 Å². The van der Waals surface area contributed by atoms with Crippen LogP contribution in [0.5, 0.6) is 0 Å². The molecule has 2 rings (SSSR count). The van der Waals surface area contributed by atoms with Crippen molar-refractivity contribution in [3.63, 3.8) is 0 Å². The van der Waals surface area contributed by atoms with Crippen molar-refractivity contribution in [2.45, 2.75) is 13.8 Å². The molecule has 2 nitrogen and oxygen atoms in total. The standard InChI is InChI=1S/C11H11NO/c1-8-5-9(2)7-10(6-8)11-3-4-13-12-11/h3-7H,1-2H3. The first kappa shape index (κ1) is 8.05. The van der Waals surface area contributed by atoms with Crippen molar-refractivity contribution in [3.05, 3.63) is 41.7 Å². The predicted molar refractivity (Wildman–Crippen MR) is 51.4 cm³/mol. The molecule has 0 saturated heterocycles. The van der Waals surface area contributed by atoms with E-state index in [0.29, 0.717) is 0 Å². The maximum Gasteiger partial charge on any atom is 0.124 e. The minimum Gasteiger partial charge on any atom is -0.364 e. The van der Waals surface area contributed by atoms with Crippen molar-refractivity contribution in [2.75, 3.05) is 0 Å². The molecule has 0 saturated carbocycles. The second-order valence-corrected chi connectivity index (χ2v) is 3.26. The average molecular weight is 173 g/mol. The molecular weight excluding hydrogens is 162 g/mol. The third-order valence-electron chi connectivity index (χ3n) is 1.96. The lowest BCUT2D eigenvalue weighted by molar-refractivity contribution is 0.422. The lowest BCUT2D eigenvalue weighted by Gasteiger charge is -2.00. The SMILES string of the molecule is Cc1cc(C)cc(-c2ccon2)c1. The Morgan fingerprint density at radius 1 is 1.08 bits per heavy atom. The summed E-state index contributed by atoms with van der Waals surface area (Å²) in [5.74, 6) is 0. The van der Waals surface area contributed by atoms with Gasteiger partial charge < -0.3 is 4.52 Å². The molecular formula is C11H11NO. The van der Waals surface area contributed by atoms with Crippen LogP contribution in [0.25, 0.3) is 11.3 Å². The van der Waals surface area contributed by atoms with Gasteiger partial charge in [0.15, 0.2) is 0 Å². The summed E-state index contributed by atoms with van der Waals surface area (Å²) >= 11 is 0. The highest BCUT2D eigenvalue weighted by Crippen LogP contribution is 2.19. The Labute approximate surface area is 77.2 Å². The van der Waals surface area contributed by atoms with Crippen LogP contribution in [0.1, 0.15) is 11.1 Å². The number of rotatable bonds is 1. The van der Waals surface area contributed by atoms with Gasteiger partial charge in [0, 0.05) is 11.6 Å². The second-order valence-electron chi connectivity index (χ2n) is 3.26. The lowest BCUT2D eigenvalue weighted by atomic mass is 10.1. The van der Waals surface area contributed by atoms with Crippen LogP contribution < -0.4 is 0 Å². The largest absolute Gasteiger partial charge is 0.364 e. The Kier molecular flexibility index (Phi) is 1.89. The molecule has 2 heteroatoms. The molecule has 1 heterocycles. The number of aromatic nitrogens is 1. The molecule has 0 aliphatic carbocycles. The fourth-order valence-corrected chi connectivity index (χ4v) is 1.48. The van der Waals surface area contributed by atoms with E-state index in [1.54, 1.807) is 6.26 Å². The quantitative estimate of drug-likeness (QED) is 0.662. The molecule has 0 unspecified atom stereocenters. The zero-order valence-electron chi connectivity index (χ0n) is 7.74. The van der Waals surface area contributed by atoms with Crippen molar-refractivity contribution >= 4 is 0 Å². The first-order valence-electron chi connectivity index (χ1n) is 4.25. The summed E-state index contributed by atoms with van der Waals surface area (Å²) in [7, 11) is 0. The van der Waals surface area contributed by atoms with Crippen LogP contribution in [0.4, 0.5) is 0 Å². The number of nitrogens with zero attached hydrogens (tertiary/aromatic N) is 1. The van der Waals surface area contributed by atoms with Crippen molar-refractivity contribution in [1.82, 2.24) is 5.16 Å². The monoisotopic (exact) mass is 173 g/mol. The predicted octanol–water partition coefficient (Wildman–Crippen LogP) is 2.96. The van der Waals surface area contributed by atoms with Crippen LogP contribution >= 0.6 is 0 Å². The molecule has 0 fully saturated rings. The maximum absolute atomic E-state index is 4.80. The molecule has 1 aromatic heterocycles. The number of benzene rings is 1. The molecule has 2 aromatic rings. The molecule has 66 valence electrons. The summed E-state index contributed by atoms with van der Waals surface area (Å²) in [6.07, 6.45) is 1.59. The van der Waals surface area contributed by atoms with E-state index in [4.69, 9.17) is 4.52 Å². The lowest BCUT2D eigenvalue weighted by Crippen LogP contribution is -1.81. The molecule has 0 spiro atoms. The van der Waals surface area contributed by atoms with Crippen molar-refractivity contribution in [3.8, 4) is 11.3 Å². The third-order valence-corrected chi connectivity index (χ3v) is 1.96. The molecule has 0 radical (unpaired) electrons. The van der Waals surface area contributed by atoms with Gasteiger partial charge in [0.1, 0.15) is 12.0 Å². The molecule has 0 N–H and O–H groups in total. The summed E-state index contributed by atoms with van der Waals surface area (Å²) in [5.41, 5.74) is 4.51. The topological polar surface area (TPSA) is 26.0 Å². The second kappa shape index (κ2) is 3.05. The molecule has 0 aliphatic heterocycles. The first-order chi connectivity index (χ1) is 6.25. The van der Waals surface area contributed by atoms with Gasteiger partial charge in [0.05, 0.1) is 0 Å². The summed E-state index contributed by atoms with van der Waals surface area (Å²) in [6.45, 7) is 4.16. The van der Waals surface area contributed by atoms with Gasteiger partial charge in [-0.3, -0.25) is 0 Å². The fraction of sp³-hybridized carbons (Fsp3) is 0.182. The molecule has 0 amide bonds. The van der Waals surface area contributed by atoms with Crippen molar-refractivity contribution in [2.24, 2.45) is 0 Å². The minimum absolute atomic E-state index is 0.895. The molecule has 0 atom stereocenters. The van der Waals surface area contributed by atoms with Gasteiger partial charge in [-0.25, -0.2) is 0 Å². The summed E-state index contributed by atoms with van der Waals surface area (Å²) in [5, 5.41) is 3.89. The van der Waals surface area contributed by atoms with Gasteiger partial charge in [0.2, 0.25) is 0 Å². The summed E-state index contributed by atoms with van der Waals surface area (Å²) < 4.78 is 4.80. The van der Waals surface area contributed by atoms with Crippen LogP contribution in [0.15, 0.2) is 35.1 Å². The van der Waals surface area contributed by atoms with E-state index >= 15 is 0 Å². The Balaban J connectivity index is 2.53. The van der Waals surface area contributed by atoms with Gasteiger partial charge in [-0.1, -0.05) is 22.3 Å². The van der Waals surface area contributed by atoms with E-state index in [9.17, 15) is 0 Å². The Morgan fingerprint density at radius 3 is 2.31 bits per heavy atom. The van der Waals surface area contributed by atoms with Crippen molar-refractivity contribution < 1.29 is 4.52 Å². The minimum atomic E-state index is 0.895. The van der Waals surface area contributed by atoms with E-state index in [-0.39, 0.29) is 0 Å². The van der Waals surface area contributed by atoms with Crippen LogP contribution in [0.2, 0.25) is 0 Å². The van der Waals surface area contributed by atoms with E-state index in [1.807, 2.05) is 6.07 Å². The molecule has 0 bridgehead atoms. The van der Waals surface area contributed by atoms with Gasteiger partial charge in [0.25, 0.3) is 0 Å². The Morgan fingerprint density at radius 2 is 1.77 bits per heavy atom. The fourth-order valence-electron chi connectivity index (χ4n) is 1.48. The number of hydrogen-bond acceptors (Lipinski definition) is 2. The van der Waals surface area contributed by atoms with Crippen molar-refractivity contribution in [1.29, 1.82) is 0 Å². The molecule has 1 aromatic carbocycles. The van der Waals surface area contributed by atoms with Gasteiger partial charge in [-0.05, 0) is 26.0 Å².